The van der Waals surface area contributed by atoms with Crippen molar-refractivity contribution < 1.29 is 9.53 Å². The Kier molecular flexibility index (Phi) is 8.71. The Morgan fingerprint density at radius 1 is 1.08 bits per heavy atom. The molecule has 0 spiro atoms. The van der Waals surface area contributed by atoms with Crippen molar-refractivity contribution in [2.45, 2.75) is 39.3 Å². The predicted molar refractivity (Wildman–Crippen MR) is 107 cm³/mol. The first-order valence-electron chi connectivity index (χ1n) is 9.85. The largest absolute Gasteiger partial charge is 0.378 e. The quantitative estimate of drug-likeness (QED) is 0.864. The number of amides is 2. The van der Waals surface area contributed by atoms with Crippen LogP contribution in [-0.2, 0) is 11.3 Å². The molecule has 0 radical (unpaired) electrons. The minimum absolute atomic E-state index is 0.0678. The Bertz CT molecular complexity index is 521. The molecule has 2 fully saturated rings. The van der Waals surface area contributed by atoms with E-state index in [1.54, 1.807) is 0 Å². The molecule has 2 aliphatic heterocycles. The molecule has 6 heteroatoms. The van der Waals surface area contributed by atoms with Gasteiger partial charge >= 0.3 is 6.03 Å². The standard InChI is InChI=1S/C18H28N4O2.C2H6/c1-21-8-6-16(7-9-21)20-18(23)19-14-15-2-4-17(5-3-15)22-10-12-24-13-11-22;1-2/h2-5,16H,6-14H2,1H3,(H2,19,20,23);1-2H3. The number of nitrogens with one attached hydrogen (secondary N) is 2. The van der Waals surface area contributed by atoms with Gasteiger partial charge in [0.05, 0.1) is 13.2 Å². The second-order valence-corrected chi connectivity index (χ2v) is 6.67. The molecule has 1 aromatic carbocycles. The lowest BCUT2D eigenvalue weighted by Crippen LogP contribution is -2.46. The summed E-state index contributed by atoms with van der Waals surface area (Å²) < 4.78 is 5.38. The SMILES string of the molecule is CC.CN1CCC(NC(=O)NCc2ccc(N3CCOCC3)cc2)CC1. The summed E-state index contributed by atoms with van der Waals surface area (Å²) in [4.78, 5) is 16.6. The number of nitrogens with zero attached hydrogens (tertiary/aromatic N) is 2. The summed E-state index contributed by atoms with van der Waals surface area (Å²) in [5.74, 6) is 0. The van der Waals surface area contributed by atoms with E-state index in [1.807, 2.05) is 13.8 Å². The minimum atomic E-state index is -0.0678. The number of carbonyl (C=O) groups excluding carboxylic acids is 1. The van der Waals surface area contributed by atoms with Gasteiger partial charge in [-0.05, 0) is 50.7 Å². The molecule has 3 rings (SSSR count). The van der Waals surface area contributed by atoms with Gasteiger partial charge in [-0.3, -0.25) is 0 Å². The van der Waals surface area contributed by atoms with E-state index >= 15 is 0 Å². The molecule has 6 nitrogen and oxygen atoms in total. The van der Waals surface area contributed by atoms with E-state index in [1.165, 1.54) is 5.69 Å². The van der Waals surface area contributed by atoms with Gasteiger partial charge in [-0.15, -0.1) is 0 Å². The molecule has 0 atom stereocenters. The van der Waals surface area contributed by atoms with Crippen molar-refractivity contribution in [2.24, 2.45) is 0 Å². The fourth-order valence-corrected chi connectivity index (χ4v) is 3.22. The van der Waals surface area contributed by atoms with Crippen molar-refractivity contribution in [3.8, 4) is 0 Å². The zero-order valence-electron chi connectivity index (χ0n) is 16.5. The highest BCUT2D eigenvalue weighted by Crippen LogP contribution is 2.16. The molecule has 2 amide bonds. The van der Waals surface area contributed by atoms with Crippen LogP contribution in [0.1, 0.15) is 32.3 Å². The Balaban J connectivity index is 0.00000117. The molecule has 2 aliphatic rings. The van der Waals surface area contributed by atoms with Crippen molar-refractivity contribution >= 4 is 11.7 Å². The number of benzene rings is 1. The highest BCUT2D eigenvalue weighted by Gasteiger charge is 2.18. The van der Waals surface area contributed by atoms with Gasteiger partial charge in [0.15, 0.2) is 0 Å². The molecular formula is C20H34N4O2. The maximum absolute atomic E-state index is 12.0. The molecule has 0 bridgehead atoms. The number of hydrogen-bond donors (Lipinski definition) is 2. The Labute approximate surface area is 157 Å². The monoisotopic (exact) mass is 362 g/mol. The Morgan fingerprint density at radius 3 is 2.31 bits per heavy atom. The van der Waals surface area contributed by atoms with Gasteiger partial charge < -0.3 is 25.2 Å². The third kappa shape index (κ3) is 6.50. The second-order valence-electron chi connectivity index (χ2n) is 6.67. The Hall–Kier alpha value is -1.79. The molecule has 0 saturated carbocycles. The van der Waals surface area contributed by atoms with Crippen LogP contribution in [0.2, 0.25) is 0 Å². The van der Waals surface area contributed by atoms with E-state index in [9.17, 15) is 4.79 Å². The molecule has 1 aromatic rings. The molecule has 26 heavy (non-hydrogen) atoms. The molecule has 2 saturated heterocycles. The van der Waals surface area contributed by atoms with Gasteiger partial charge in [-0.25, -0.2) is 4.79 Å². The maximum Gasteiger partial charge on any atom is 0.315 e. The van der Waals surface area contributed by atoms with E-state index in [0.29, 0.717) is 12.6 Å². The van der Waals surface area contributed by atoms with E-state index in [4.69, 9.17) is 4.74 Å². The van der Waals surface area contributed by atoms with Crippen LogP contribution in [0.15, 0.2) is 24.3 Å². The number of likely N-dealkylation sites (tertiary alicyclic amines) is 1. The van der Waals surface area contributed by atoms with Gasteiger partial charge in [0, 0.05) is 31.4 Å². The highest BCUT2D eigenvalue weighted by atomic mass is 16.5. The van der Waals surface area contributed by atoms with Crippen LogP contribution in [0.4, 0.5) is 10.5 Å². The predicted octanol–water partition coefficient (Wildman–Crippen LogP) is 2.44. The molecular weight excluding hydrogens is 328 g/mol. The second kappa shape index (κ2) is 11.0. The van der Waals surface area contributed by atoms with Crippen LogP contribution in [0.3, 0.4) is 0 Å². The normalized spacial score (nSPS) is 18.7. The van der Waals surface area contributed by atoms with Gasteiger partial charge in [0.25, 0.3) is 0 Å². The third-order valence-electron chi connectivity index (χ3n) is 4.82. The van der Waals surface area contributed by atoms with Crippen molar-refractivity contribution in [3.05, 3.63) is 29.8 Å². The van der Waals surface area contributed by atoms with E-state index in [2.05, 4.69) is 51.7 Å². The van der Waals surface area contributed by atoms with Crippen molar-refractivity contribution in [1.82, 2.24) is 15.5 Å². The molecule has 2 heterocycles. The topological polar surface area (TPSA) is 56.8 Å². The summed E-state index contributed by atoms with van der Waals surface area (Å²) in [6.45, 7) is 10.1. The third-order valence-corrected chi connectivity index (χ3v) is 4.82. The van der Waals surface area contributed by atoms with Crippen LogP contribution in [0.5, 0.6) is 0 Å². The van der Waals surface area contributed by atoms with E-state index < -0.39 is 0 Å². The zero-order valence-corrected chi connectivity index (χ0v) is 16.5. The summed E-state index contributed by atoms with van der Waals surface area (Å²) >= 11 is 0. The van der Waals surface area contributed by atoms with Gasteiger partial charge in [-0.1, -0.05) is 26.0 Å². The number of morpholine rings is 1. The molecule has 0 aromatic heterocycles. The summed E-state index contributed by atoms with van der Waals surface area (Å²) in [6.07, 6.45) is 2.05. The first-order chi connectivity index (χ1) is 12.7. The van der Waals surface area contributed by atoms with Crippen molar-refractivity contribution in [3.63, 3.8) is 0 Å². The number of piperidine rings is 1. The molecule has 0 aliphatic carbocycles. The lowest BCUT2D eigenvalue weighted by atomic mass is 10.1. The average Bonchev–Trinajstić information content (AvgIpc) is 2.71. The number of carbonyl (C=O) groups is 1. The van der Waals surface area contributed by atoms with Crippen molar-refractivity contribution in [2.75, 3.05) is 51.3 Å². The zero-order chi connectivity index (χ0) is 18.8. The number of urea groups is 1. The van der Waals surface area contributed by atoms with Gasteiger partial charge in [-0.2, -0.15) is 0 Å². The van der Waals surface area contributed by atoms with Crippen molar-refractivity contribution in [1.29, 1.82) is 0 Å². The summed E-state index contributed by atoms with van der Waals surface area (Å²) in [7, 11) is 2.12. The molecule has 146 valence electrons. The van der Waals surface area contributed by atoms with Crippen LogP contribution in [0.25, 0.3) is 0 Å². The lowest BCUT2D eigenvalue weighted by Gasteiger charge is -2.29. The minimum Gasteiger partial charge on any atom is -0.378 e. The Morgan fingerprint density at radius 2 is 1.69 bits per heavy atom. The van der Waals surface area contributed by atoms with Crippen LogP contribution >= 0.6 is 0 Å². The highest BCUT2D eigenvalue weighted by molar-refractivity contribution is 5.74. The van der Waals surface area contributed by atoms with Gasteiger partial charge in [0.2, 0.25) is 0 Å². The van der Waals surface area contributed by atoms with Crippen LogP contribution < -0.4 is 15.5 Å². The smallest absolute Gasteiger partial charge is 0.315 e. The van der Waals surface area contributed by atoms with E-state index in [0.717, 1.165) is 57.8 Å². The fraction of sp³-hybridized carbons (Fsp3) is 0.650. The first-order valence-corrected chi connectivity index (χ1v) is 9.85. The van der Waals surface area contributed by atoms with E-state index in [-0.39, 0.29) is 6.03 Å². The number of ether oxygens (including phenoxy) is 1. The van der Waals surface area contributed by atoms with Gasteiger partial charge in [0.1, 0.15) is 0 Å². The molecule has 2 N–H and O–H groups in total. The van der Waals surface area contributed by atoms with Crippen LogP contribution in [0, 0.1) is 0 Å². The molecule has 0 unspecified atom stereocenters. The number of rotatable bonds is 4. The number of anilines is 1. The maximum atomic E-state index is 12.0. The summed E-state index contributed by atoms with van der Waals surface area (Å²) in [5, 5.41) is 6.03. The van der Waals surface area contributed by atoms with Crippen LogP contribution in [-0.4, -0.2) is 63.4 Å². The lowest BCUT2D eigenvalue weighted by molar-refractivity contribution is 0.122. The average molecular weight is 363 g/mol. The first kappa shape index (κ1) is 20.5. The number of hydrogen-bond acceptors (Lipinski definition) is 4. The summed E-state index contributed by atoms with van der Waals surface area (Å²) in [5.41, 5.74) is 2.34. The summed E-state index contributed by atoms with van der Waals surface area (Å²) in [6, 6.07) is 8.64. The fourth-order valence-electron chi connectivity index (χ4n) is 3.22.